The molecule has 138 valence electrons. The minimum absolute atomic E-state index is 0.0277. The lowest BCUT2D eigenvalue weighted by atomic mass is 10.0. The van der Waals surface area contributed by atoms with Gasteiger partial charge in [-0.05, 0) is 55.8 Å². The zero-order chi connectivity index (χ0) is 18.5. The van der Waals surface area contributed by atoms with Crippen molar-refractivity contribution in [1.29, 1.82) is 0 Å². The van der Waals surface area contributed by atoms with Crippen molar-refractivity contribution in [1.82, 2.24) is 10.2 Å². The smallest absolute Gasteiger partial charge is 0.254 e. The van der Waals surface area contributed by atoms with Crippen LogP contribution in [0.25, 0.3) is 0 Å². The van der Waals surface area contributed by atoms with E-state index < -0.39 is 17.5 Å². The molecule has 0 bridgehead atoms. The van der Waals surface area contributed by atoms with Gasteiger partial charge in [0.2, 0.25) is 0 Å². The highest BCUT2D eigenvalue weighted by molar-refractivity contribution is 5.94. The average Bonchev–Trinajstić information content (AvgIpc) is 3.16. The molecule has 0 aliphatic carbocycles. The molecule has 26 heavy (non-hydrogen) atoms. The van der Waals surface area contributed by atoms with Gasteiger partial charge in [0, 0.05) is 12.6 Å². The minimum atomic E-state index is -0.860. The van der Waals surface area contributed by atoms with Gasteiger partial charge in [0.25, 0.3) is 5.91 Å². The third-order valence-electron chi connectivity index (χ3n) is 4.69. The molecule has 1 aliphatic rings. The van der Waals surface area contributed by atoms with Crippen LogP contribution >= 0.6 is 0 Å². The standard InChI is InChI=1S/C20H22F2N2O2/c1-26-16-6-4-5-14(11-16)19(24-9-2-3-10-24)13-23-20(25)17-8-7-15(21)12-18(17)22/h4-8,11-12,19H,2-3,9-10,13H2,1H3,(H,23,25). The summed E-state index contributed by atoms with van der Waals surface area (Å²) in [5.74, 6) is -1.36. The number of hydrogen-bond donors (Lipinski definition) is 1. The summed E-state index contributed by atoms with van der Waals surface area (Å²) < 4.78 is 32.2. The highest BCUT2D eigenvalue weighted by Crippen LogP contribution is 2.27. The van der Waals surface area contributed by atoms with E-state index >= 15 is 0 Å². The first-order valence-corrected chi connectivity index (χ1v) is 8.69. The molecule has 1 heterocycles. The van der Waals surface area contributed by atoms with Crippen molar-refractivity contribution in [2.75, 3.05) is 26.7 Å². The maximum atomic E-state index is 13.8. The molecule has 1 atom stereocenters. The zero-order valence-electron chi connectivity index (χ0n) is 14.7. The van der Waals surface area contributed by atoms with Crippen molar-refractivity contribution < 1.29 is 18.3 Å². The Hall–Kier alpha value is -2.47. The van der Waals surface area contributed by atoms with Gasteiger partial charge < -0.3 is 10.1 Å². The lowest BCUT2D eigenvalue weighted by Crippen LogP contribution is -2.37. The summed E-state index contributed by atoms with van der Waals surface area (Å²) in [5, 5.41) is 2.79. The normalized spacial score (nSPS) is 15.7. The van der Waals surface area contributed by atoms with Crippen LogP contribution in [0.2, 0.25) is 0 Å². The number of carbonyl (C=O) groups excluding carboxylic acids is 1. The van der Waals surface area contributed by atoms with Gasteiger partial charge in [0.1, 0.15) is 17.4 Å². The summed E-state index contributed by atoms with van der Waals surface area (Å²) in [6.07, 6.45) is 2.22. The second kappa shape index (κ2) is 8.27. The lowest BCUT2D eigenvalue weighted by Gasteiger charge is -2.28. The van der Waals surface area contributed by atoms with Crippen LogP contribution in [0.1, 0.15) is 34.8 Å². The molecule has 1 N–H and O–H groups in total. The number of hydrogen-bond acceptors (Lipinski definition) is 3. The van der Waals surface area contributed by atoms with Crippen molar-refractivity contribution in [2.45, 2.75) is 18.9 Å². The number of amides is 1. The molecule has 0 radical (unpaired) electrons. The maximum absolute atomic E-state index is 13.8. The van der Waals surface area contributed by atoms with Crippen LogP contribution in [-0.4, -0.2) is 37.6 Å². The van der Waals surface area contributed by atoms with E-state index in [4.69, 9.17) is 4.74 Å². The van der Waals surface area contributed by atoms with Gasteiger partial charge in [0.15, 0.2) is 0 Å². The van der Waals surface area contributed by atoms with Crippen LogP contribution in [0, 0.1) is 11.6 Å². The minimum Gasteiger partial charge on any atom is -0.497 e. The molecule has 2 aromatic rings. The Morgan fingerprint density at radius 3 is 2.65 bits per heavy atom. The summed E-state index contributed by atoms with van der Waals surface area (Å²) >= 11 is 0. The van der Waals surface area contributed by atoms with Gasteiger partial charge in [-0.3, -0.25) is 9.69 Å². The largest absolute Gasteiger partial charge is 0.497 e. The first kappa shape index (κ1) is 18.3. The number of nitrogens with zero attached hydrogens (tertiary/aromatic N) is 1. The van der Waals surface area contributed by atoms with Crippen LogP contribution in [-0.2, 0) is 0 Å². The molecule has 3 rings (SSSR count). The van der Waals surface area contributed by atoms with Gasteiger partial charge in [-0.2, -0.15) is 0 Å². The quantitative estimate of drug-likeness (QED) is 0.857. The Morgan fingerprint density at radius 2 is 1.96 bits per heavy atom. The monoisotopic (exact) mass is 360 g/mol. The summed E-state index contributed by atoms with van der Waals surface area (Å²) in [6.45, 7) is 2.23. The second-order valence-electron chi connectivity index (χ2n) is 6.37. The number of benzene rings is 2. The molecule has 4 nitrogen and oxygen atoms in total. The van der Waals surface area contributed by atoms with E-state index in [0.29, 0.717) is 6.54 Å². The fourth-order valence-corrected chi connectivity index (χ4v) is 3.32. The van der Waals surface area contributed by atoms with Crippen molar-refractivity contribution in [3.8, 4) is 5.75 Å². The highest BCUT2D eigenvalue weighted by atomic mass is 19.1. The predicted octanol–water partition coefficient (Wildman–Crippen LogP) is 3.54. The number of rotatable bonds is 6. The van der Waals surface area contributed by atoms with E-state index in [1.165, 1.54) is 0 Å². The van der Waals surface area contributed by atoms with Gasteiger partial charge in [-0.25, -0.2) is 8.78 Å². The van der Waals surface area contributed by atoms with E-state index in [-0.39, 0.29) is 11.6 Å². The Bertz CT molecular complexity index is 776. The van der Waals surface area contributed by atoms with Crippen LogP contribution in [0.4, 0.5) is 8.78 Å². The molecular formula is C20H22F2N2O2. The molecule has 2 aromatic carbocycles. The Kier molecular flexibility index (Phi) is 5.83. The molecule has 0 spiro atoms. The van der Waals surface area contributed by atoms with E-state index in [1.807, 2.05) is 24.3 Å². The first-order valence-electron chi connectivity index (χ1n) is 8.69. The number of ether oxygens (including phenoxy) is 1. The van der Waals surface area contributed by atoms with Crippen LogP contribution < -0.4 is 10.1 Å². The van der Waals surface area contributed by atoms with Crippen LogP contribution in [0.5, 0.6) is 5.75 Å². The molecule has 0 aromatic heterocycles. The Labute approximate surface area is 151 Å². The number of likely N-dealkylation sites (tertiary alicyclic amines) is 1. The van der Waals surface area contributed by atoms with Crippen LogP contribution in [0.3, 0.4) is 0 Å². The van der Waals surface area contributed by atoms with Gasteiger partial charge in [0.05, 0.1) is 18.7 Å². The van der Waals surface area contributed by atoms with E-state index in [9.17, 15) is 13.6 Å². The third-order valence-corrected chi connectivity index (χ3v) is 4.69. The number of methoxy groups -OCH3 is 1. The van der Waals surface area contributed by atoms with E-state index in [1.54, 1.807) is 7.11 Å². The van der Waals surface area contributed by atoms with Crippen molar-refractivity contribution in [2.24, 2.45) is 0 Å². The SMILES string of the molecule is COc1cccc(C(CNC(=O)c2ccc(F)cc2F)N2CCCC2)c1. The van der Waals surface area contributed by atoms with Gasteiger partial charge in [-0.1, -0.05) is 12.1 Å². The summed E-state index contributed by atoms with van der Waals surface area (Å²) in [7, 11) is 1.61. The van der Waals surface area contributed by atoms with Crippen molar-refractivity contribution in [3.63, 3.8) is 0 Å². The molecule has 1 aliphatic heterocycles. The summed E-state index contributed by atoms with van der Waals surface area (Å²) in [6, 6.07) is 10.7. The molecule has 6 heteroatoms. The van der Waals surface area contributed by atoms with Crippen molar-refractivity contribution >= 4 is 5.91 Å². The predicted molar refractivity (Wildman–Crippen MR) is 95.2 cm³/mol. The highest BCUT2D eigenvalue weighted by Gasteiger charge is 2.25. The fourth-order valence-electron chi connectivity index (χ4n) is 3.32. The molecule has 0 saturated carbocycles. The number of nitrogens with one attached hydrogen (secondary N) is 1. The van der Waals surface area contributed by atoms with Crippen LogP contribution in [0.15, 0.2) is 42.5 Å². The summed E-state index contributed by atoms with van der Waals surface area (Å²) in [5.41, 5.74) is 0.878. The zero-order valence-corrected chi connectivity index (χ0v) is 14.7. The van der Waals surface area contributed by atoms with Crippen molar-refractivity contribution in [3.05, 3.63) is 65.2 Å². The fraction of sp³-hybridized carbons (Fsp3) is 0.350. The Morgan fingerprint density at radius 1 is 1.19 bits per heavy atom. The molecule has 1 amide bonds. The third kappa shape index (κ3) is 4.19. The maximum Gasteiger partial charge on any atom is 0.254 e. The Balaban J connectivity index is 1.76. The molecule has 1 saturated heterocycles. The molecular weight excluding hydrogens is 338 g/mol. The average molecular weight is 360 g/mol. The summed E-state index contributed by atoms with van der Waals surface area (Å²) in [4.78, 5) is 14.6. The van der Waals surface area contributed by atoms with Gasteiger partial charge in [-0.15, -0.1) is 0 Å². The number of carbonyl (C=O) groups is 1. The molecule has 1 fully saturated rings. The first-order chi connectivity index (χ1) is 12.6. The molecule has 1 unspecified atom stereocenters. The topological polar surface area (TPSA) is 41.6 Å². The van der Waals surface area contributed by atoms with E-state index in [2.05, 4.69) is 10.2 Å². The second-order valence-corrected chi connectivity index (χ2v) is 6.37. The number of halogens is 2. The van der Waals surface area contributed by atoms with E-state index in [0.717, 1.165) is 55.4 Å². The lowest BCUT2D eigenvalue weighted by molar-refractivity contribution is 0.0934. The van der Waals surface area contributed by atoms with Gasteiger partial charge >= 0.3 is 0 Å².